The second-order valence-corrected chi connectivity index (χ2v) is 6.77. The molecule has 0 atom stereocenters. The van der Waals surface area contributed by atoms with Crippen LogP contribution in [-0.2, 0) is 14.8 Å². The lowest BCUT2D eigenvalue weighted by Crippen LogP contribution is -2.42. The Bertz CT molecular complexity index is 354. The summed E-state index contributed by atoms with van der Waals surface area (Å²) < 4.78 is 25.8. The zero-order chi connectivity index (χ0) is 12.9. The predicted molar refractivity (Wildman–Crippen MR) is 65.2 cm³/mol. The number of aliphatic carboxylic acids is 1. The molecule has 0 aromatic rings. The Morgan fingerprint density at radius 1 is 1.41 bits per heavy atom. The SMILES string of the molecule is CCC1(CNS(=O)(=O)CCCC(=O)O)CCC1. The maximum Gasteiger partial charge on any atom is 0.303 e. The van der Waals surface area contributed by atoms with Crippen molar-refractivity contribution in [2.75, 3.05) is 12.3 Å². The Hall–Kier alpha value is -0.620. The van der Waals surface area contributed by atoms with Crippen LogP contribution in [0.4, 0.5) is 0 Å². The molecule has 1 rings (SSSR count). The van der Waals surface area contributed by atoms with Crippen LogP contribution in [0.3, 0.4) is 0 Å². The van der Waals surface area contributed by atoms with E-state index in [1.165, 1.54) is 6.42 Å². The maximum absolute atomic E-state index is 11.6. The number of nitrogens with one attached hydrogen (secondary N) is 1. The highest BCUT2D eigenvalue weighted by atomic mass is 32.2. The van der Waals surface area contributed by atoms with Gasteiger partial charge in [0.05, 0.1) is 5.75 Å². The van der Waals surface area contributed by atoms with Crippen molar-refractivity contribution in [2.45, 2.75) is 45.4 Å². The van der Waals surface area contributed by atoms with Gasteiger partial charge in [-0.05, 0) is 31.1 Å². The van der Waals surface area contributed by atoms with Gasteiger partial charge in [0.1, 0.15) is 0 Å². The molecule has 100 valence electrons. The molecule has 1 saturated carbocycles. The molecular formula is C11H21NO4S. The van der Waals surface area contributed by atoms with E-state index in [2.05, 4.69) is 11.6 Å². The van der Waals surface area contributed by atoms with Crippen LogP contribution in [-0.4, -0.2) is 31.8 Å². The van der Waals surface area contributed by atoms with E-state index >= 15 is 0 Å². The third-order valence-corrected chi connectivity index (χ3v) is 5.05. The van der Waals surface area contributed by atoms with Gasteiger partial charge >= 0.3 is 5.97 Å². The van der Waals surface area contributed by atoms with Gasteiger partial charge in [0.2, 0.25) is 10.0 Å². The zero-order valence-corrected chi connectivity index (χ0v) is 11.1. The largest absolute Gasteiger partial charge is 0.481 e. The van der Waals surface area contributed by atoms with Crippen LogP contribution in [0.2, 0.25) is 0 Å². The average molecular weight is 263 g/mol. The standard InChI is InChI=1S/C11H21NO4S/c1-2-11(6-4-7-11)9-12-17(15,16)8-3-5-10(13)14/h12H,2-9H2,1H3,(H,13,14). The Morgan fingerprint density at radius 3 is 2.47 bits per heavy atom. The molecule has 17 heavy (non-hydrogen) atoms. The van der Waals surface area contributed by atoms with Crippen molar-refractivity contribution in [3.63, 3.8) is 0 Å². The van der Waals surface area contributed by atoms with Crippen LogP contribution in [0.1, 0.15) is 45.4 Å². The highest BCUT2D eigenvalue weighted by molar-refractivity contribution is 7.89. The normalized spacial score (nSPS) is 18.6. The van der Waals surface area contributed by atoms with Gasteiger partial charge in [-0.2, -0.15) is 0 Å². The van der Waals surface area contributed by atoms with Crippen LogP contribution in [0, 0.1) is 5.41 Å². The van der Waals surface area contributed by atoms with E-state index in [0.717, 1.165) is 19.3 Å². The summed E-state index contributed by atoms with van der Waals surface area (Å²) in [6.07, 6.45) is 4.41. The third kappa shape index (κ3) is 4.63. The lowest BCUT2D eigenvalue weighted by atomic mass is 9.67. The van der Waals surface area contributed by atoms with Crippen molar-refractivity contribution in [1.82, 2.24) is 4.72 Å². The van der Waals surface area contributed by atoms with E-state index in [1.54, 1.807) is 0 Å². The summed E-state index contributed by atoms with van der Waals surface area (Å²) >= 11 is 0. The molecule has 5 nitrogen and oxygen atoms in total. The van der Waals surface area contributed by atoms with Crippen molar-refractivity contribution in [3.05, 3.63) is 0 Å². The minimum atomic E-state index is -3.31. The minimum Gasteiger partial charge on any atom is -0.481 e. The fourth-order valence-corrected chi connectivity index (χ4v) is 3.28. The quantitative estimate of drug-likeness (QED) is 0.692. The molecule has 0 heterocycles. The first kappa shape index (κ1) is 14.4. The van der Waals surface area contributed by atoms with Gasteiger partial charge in [-0.3, -0.25) is 4.79 Å². The topological polar surface area (TPSA) is 83.5 Å². The Morgan fingerprint density at radius 2 is 2.06 bits per heavy atom. The smallest absolute Gasteiger partial charge is 0.303 e. The van der Waals surface area contributed by atoms with Gasteiger partial charge in [-0.1, -0.05) is 13.3 Å². The van der Waals surface area contributed by atoms with E-state index in [4.69, 9.17) is 5.11 Å². The Labute approximate surface area is 103 Å². The van der Waals surface area contributed by atoms with Crippen LogP contribution >= 0.6 is 0 Å². The van der Waals surface area contributed by atoms with Gasteiger partial charge in [0.25, 0.3) is 0 Å². The van der Waals surface area contributed by atoms with Gasteiger partial charge in [0.15, 0.2) is 0 Å². The average Bonchev–Trinajstić information content (AvgIpc) is 2.15. The second kappa shape index (κ2) is 5.82. The molecule has 2 N–H and O–H groups in total. The van der Waals surface area contributed by atoms with Crippen molar-refractivity contribution < 1.29 is 18.3 Å². The summed E-state index contributed by atoms with van der Waals surface area (Å²) in [5.41, 5.74) is 0.153. The summed E-state index contributed by atoms with van der Waals surface area (Å²) in [7, 11) is -3.31. The molecule has 1 fully saturated rings. The van der Waals surface area contributed by atoms with Crippen LogP contribution in [0.25, 0.3) is 0 Å². The molecule has 0 aliphatic heterocycles. The lowest BCUT2D eigenvalue weighted by Gasteiger charge is -2.41. The molecular weight excluding hydrogens is 242 g/mol. The lowest BCUT2D eigenvalue weighted by molar-refractivity contribution is -0.137. The van der Waals surface area contributed by atoms with E-state index in [-0.39, 0.29) is 24.0 Å². The minimum absolute atomic E-state index is 0.0974. The van der Waals surface area contributed by atoms with Crippen molar-refractivity contribution >= 4 is 16.0 Å². The molecule has 0 unspecified atom stereocenters. The fourth-order valence-electron chi connectivity index (χ4n) is 2.08. The number of hydrogen-bond donors (Lipinski definition) is 2. The Kier molecular flexibility index (Phi) is 4.94. The summed E-state index contributed by atoms with van der Waals surface area (Å²) in [4.78, 5) is 10.3. The van der Waals surface area contributed by atoms with Crippen molar-refractivity contribution in [1.29, 1.82) is 0 Å². The number of hydrogen-bond acceptors (Lipinski definition) is 3. The fraction of sp³-hybridized carbons (Fsp3) is 0.909. The van der Waals surface area contributed by atoms with Gasteiger partial charge in [-0.25, -0.2) is 13.1 Å². The molecule has 0 amide bonds. The number of carboxylic acid groups (broad SMARTS) is 1. The third-order valence-electron chi connectivity index (χ3n) is 3.64. The molecule has 0 aromatic heterocycles. The first-order chi connectivity index (χ1) is 7.89. The van der Waals surface area contributed by atoms with Crippen molar-refractivity contribution in [2.24, 2.45) is 5.41 Å². The van der Waals surface area contributed by atoms with E-state index in [9.17, 15) is 13.2 Å². The van der Waals surface area contributed by atoms with E-state index in [1.807, 2.05) is 0 Å². The molecule has 0 spiro atoms. The molecule has 0 radical (unpaired) electrons. The number of carbonyl (C=O) groups is 1. The Balaban J connectivity index is 2.31. The molecule has 0 bridgehead atoms. The van der Waals surface area contributed by atoms with Gasteiger partial charge < -0.3 is 5.11 Å². The monoisotopic (exact) mass is 263 g/mol. The van der Waals surface area contributed by atoms with Gasteiger partial charge in [0, 0.05) is 13.0 Å². The second-order valence-electron chi connectivity index (χ2n) is 4.84. The highest BCUT2D eigenvalue weighted by Crippen LogP contribution is 2.43. The number of carboxylic acids is 1. The summed E-state index contributed by atoms with van der Waals surface area (Å²) in [5.74, 6) is -1.05. The molecule has 0 saturated heterocycles. The first-order valence-corrected chi connectivity index (χ1v) is 7.73. The number of rotatable bonds is 8. The molecule has 0 aromatic carbocycles. The molecule has 1 aliphatic carbocycles. The first-order valence-electron chi connectivity index (χ1n) is 6.08. The van der Waals surface area contributed by atoms with Crippen LogP contribution in [0.5, 0.6) is 0 Å². The number of sulfonamides is 1. The molecule has 1 aliphatic rings. The van der Waals surface area contributed by atoms with E-state index in [0.29, 0.717) is 6.54 Å². The predicted octanol–water partition coefficient (Wildman–Crippen LogP) is 1.35. The summed E-state index contributed by atoms with van der Waals surface area (Å²) in [5, 5.41) is 8.44. The highest BCUT2D eigenvalue weighted by Gasteiger charge is 2.35. The van der Waals surface area contributed by atoms with E-state index < -0.39 is 16.0 Å². The maximum atomic E-state index is 11.6. The van der Waals surface area contributed by atoms with Crippen molar-refractivity contribution in [3.8, 4) is 0 Å². The van der Waals surface area contributed by atoms with Crippen LogP contribution < -0.4 is 4.72 Å². The summed E-state index contributed by atoms with van der Waals surface area (Å²) in [6, 6.07) is 0. The zero-order valence-electron chi connectivity index (χ0n) is 10.2. The van der Waals surface area contributed by atoms with Crippen LogP contribution in [0.15, 0.2) is 0 Å². The molecule has 6 heteroatoms. The van der Waals surface area contributed by atoms with Gasteiger partial charge in [-0.15, -0.1) is 0 Å². The summed E-state index contributed by atoms with van der Waals surface area (Å²) in [6.45, 7) is 2.58.